The van der Waals surface area contributed by atoms with E-state index < -0.39 is 0 Å². The van der Waals surface area contributed by atoms with Crippen molar-refractivity contribution < 1.29 is 4.79 Å². The molecule has 0 heterocycles. The van der Waals surface area contributed by atoms with Gasteiger partial charge in [-0.25, -0.2) is 0 Å². The van der Waals surface area contributed by atoms with E-state index in [9.17, 15) is 4.79 Å². The molecule has 0 unspecified atom stereocenters. The molecule has 3 N–H and O–H groups in total. The standard InChI is InChI=1S/C14H28N2O.ClH/c1-3-14(15,4-2)11-16-13(17)10-12-8-6-5-7-9-12;/h12H,3-11,15H2,1-2H3,(H,16,17);1H. The van der Waals surface area contributed by atoms with Gasteiger partial charge in [-0.15, -0.1) is 12.4 Å². The number of rotatable bonds is 6. The zero-order valence-electron chi connectivity index (χ0n) is 11.8. The third kappa shape index (κ3) is 6.05. The van der Waals surface area contributed by atoms with Gasteiger partial charge in [-0.1, -0.05) is 33.1 Å². The van der Waals surface area contributed by atoms with Crippen LogP contribution in [0, 0.1) is 5.92 Å². The molecule has 1 aliphatic carbocycles. The normalized spacial score (nSPS) is 17.1. The lowest BCUT2D eigenvalue weighted by atomic mass is 9.86. The number of halogens is 1. The first-order valence-corrected chi connectivity index (χ1v) is 7.15. The van der Waals surface area contributed by atoms with Crippen molar-refractivity contribution in [1.29, 1.82) is 0 Å². The topological polar surface area (TPSA) is 55.1 Å². The van der Waals surface area contributed by atoms with E-state index in [1.165, 1.54) is 32.1 Å². The molecule has 3 nitrogen and oxygen atoms in total. The van der Waals surface area contributed by atoms with Crippen LogP contribution in [-0.2, 0) is 4.79 Å². The molecular formula is C14H29ClN2O. The second kappa shape index (κ2) is 8.76. The largest absolute Gasteiger partial charge is 0.354 e. The number of carbonyl (C=O) groups is 1. The Bertz CT molecular complexity index is 236. The summed E-state index contributed by atoms with van der Waals surface area (Å²) < 4.78 is 0. The van der Waals surface area contributed by atoms with Gasteiger partial charge in [0.25, 0.3) is 0 Å². The van der Waals surface area contributed by atoms with Crippen LogP contribution >= 0.6 is 12.4 Å². The molecule has 0 spiro atoms. The van der Waals surface area contributed by atoms with Crippen LogP contribution in [0.25, 0.3) is 0 Å². The van der Waals surface area contributed by atoms with Crippen molar-refractivity contribution in [2.45, 2.75) is 70.8 Å². The second-order valence-electron chi connectivity index (χ2n) is 5.55. The summed E-state index contributed by atoms with van der Waals surface area (Å²) in [5, 5.41) is 3.01. The molecule has 1 aliphatic rings. The van der Waals surface area contributed by atoms with Crippen molar-refractivity contribution in [3.8, 4) is 0 Å². The van der Waals surface area contributed by atoms with Gasteiger partial charge in [0.1, 0.15) is 0 Å². The summed E-state index contributed by atoms with van der Waals surface area (Å²) in [6.07, 6.45) is 8.90. The molecular weight excluding hydrogens is 248 g/mol. The van der Waals surface area contributed by atoms with E-state index in [1.807, 2.05) is 0 Å². The minimum atomic E-state index is -0.220. The molecule has 18 heavy (non-hydrogen) atoms. The van der Waals surface area contributed by atoms with Crippen molar-refractivity contribution in [2.24, 2.45) is 11.7 Å². The molecule has 1 fully saturated rings. The molecule has 0 saturated heterocycles. The van der Waals surface area contributed by atoms with Crippen LogP contribution in [-0.4, -0.2) is 18.0 Å². The van der Waals surface area contributed by atoms with Gasteiger partial charge in [-0.3, -0.25) is 4.79 Å². The number of hydrogen-bond acceptors (Lipinski definition) is 2. The maximum Gasteiger partial charge on any atom is 0.220 e. The molecule has 0 aromatic rings. The SMILES string of the molecule is CCC(N)(CC)CNC(=O)CC1CCCCC1.Cl. The summed E-state index contributed by atoms with van der Waals surface area (Å²) in [4.78, 5) is 11.8. The Morgan fingerprint density at radius 1 is 1.22 bits per heavy atom. The van der Waals surface area contributed by atoms with Crippen LogP contribution in [0.2, 0.25) is 0 Å². The third-order valence-corrected chi connectivity index (χ3v) is 4.24. The van der Waals surface area contributed by atoms with E-state index in [2.05, 4.69) is 19.2 Å². The predicted molar refractivity (Wildman–Crippen MR) is 79.0 cm³/mol. The Kier molecular flexibility index (Phi) is 8.62. The lowest BCUT2D eigenvalue weighted by molar-refractivity contribution is -0.122. The first-order valence-electron chi connectivity index (χ1n) is 7.15. The van der Waals surface area contributed by atoms with Crippen molar-refractivity contribution in [2.75, 3.05) is 6.54 Å². The van der Waals surface area contributed by atoms with Gasteiger partial charge in [0, 0.05) is 18.5 Å². The van der Waals surface area contributed by atoms with Gasteiger partial charge in [-0.05, 0) is 31.6 Å². The molecule has 1 amide bonds. The van der Waals surface area contributed by atoms with E-state index in [0.29, 0.717) is 18.9 Å². The molecule has 1 saturated carbocycles. The molecule has 0 atom stereocenters. The lowest BCUT2D eigenvalue weighted by Crippen LogP contribution is -2.49. The number of nitrogens with two attached hydrogens (primary N) is 1. The molecule has 108 valence electrons. The van der Waals surface area contributed by atoms with Crippen LogP contribution in [0.1, 0.15) is 65.2 Å². The number of nitrogens with one attached hydrogen (secondary N) is 1. The van der Waals surface area contributed by atoms with Crippen molar-refractivity contribution >= 4 is 18.3 Å². The van der Waals surface area contributed by atoms with Crippen molar-refractivity contribution in [1.82, 2.24) is 5.32 Å². The van der Waals surface area contributed by atoms with Crippen LogP contribution in [0.5, 0.6) is 0 Å². The average Bonchev–Trinajstić information content (AvgIpc) is 2.37. The molecule has 4 heteroatoms. The fourth-order valence-corrected chi connectivity index (χ4v) is 2.50. The smallest absolute Gasteiger partial charge is 0.220 e. The van der Waals surface area contributed by atoms with Gasteiger partial charge in [0.15, 0.2) is 0 Å². The van der Waals surface area contributed by atoms with Gasteiger partial charge in [0.05, 0.1) is 0 Å². The molecule has 0 aromatic heterocycles. The molecule has 0 aliphatic heterocycles. The highest BCUT2D eigenvalue weighted by Gasteiger charge is 2.22. The van der Waals surface area contributed by atoms with E-state index in [4.69, 9.17) is 5.73 Å². The Morgan fingerprint density at radius 3 is 2.28 bits per heavy atom. The van der Waals surface area contributed by atoms with Gasteiger partial charge < -0.3 is 11.1 Å². The van der Waals surface area contributed by atoms with E-state index >= 15 is 0 Å². The Labute approximate surface area is 118 Å². The summed E-state index contributed by atoms with van der Waals surface area (Å²) in [6, 6.07) is 0. The monoisotopic (exact) mass is 276 g/mol. The molecule has 0 bridgehead atoms. The molecule has 0 radical (unpaired) electrons. The van der Waals surface area contributed by atoms with E-state index in [-0.39, 0.29) is 23.9 Å². The second-order valence-corrected chi connectivity index (χ2v) is 5.55. The lowest BCUT2D eigenvalue weighted by Gasteiger charge is -2.27. The zero-order valence-corrected chi connectivity index (χ0v) is 12.7. The van der Waals surface area contributed by atoms with Crippen LogP contribution in [0.4, 0.5) is 0 Å². The van der Waals surface area contributed by atoms with Crippen LogP contribution in [0.15, 0.2) is 0 Å². The maximum absolute atomic E-state index is 11.8. The van der Waals surface area contributed by atoms with E-state index in [1.54, 1.807) is 0 Å². The third-order valence-electron chi connectivity index (χ3n) is 4.24. The average molecular weight is 277 g/mol. The minimum Gasteiger partial charge on any atom is -0.354 e. The number of amides is 1. The Balaban J connectivity index is 0.00000289. The van der Waals surface area contributed by atoms with Crippen molar-refractivity contribution in [3.63, 3.8) is 0 Å². The van der Waals surface area contributed by atoms with Gasteiger partial charge in [0.2, 0.25) is 5.91 Å². The van der Waals surface area contributed by atoms with Crippen LogP contribution in [0.3, 0.4) is 0 Å². The minimum absolute atomic E-state index is 0. The summed E-state index contributed by atoms with van der Waals surface area (Å²) in [6.45, 7) is 4.78. The van der Waals surface area contributed by atoms with Gasteiger partial charge >= 0.3 is 0 Å². The summed E-state index contributed by atoms with van der Waals surface area (Å²) in [5.41, 5.74) is 5.94. The predicted octanol–water partition coefficient (Wildman–Crippen LogP) is 3.01. The quantitative estimate of drug-likeness (QED) is 0.784. The summed E-state index contributed by atoms with van der Waals surface area (Å²) in [5.74, 6) is 0.799. The number of hydrogen-bond donors (Lipinski definition) is 2. The summed E-state index contributed by atoms with van der Waals surface area (Å²) >= 11 is 0. The maximum atomic E-state index is 11.8. The molecule has 0 aromatic carbocycles. The first-order chi connectivity index (χ1) is 8.09. The highest BCUT2D eigenvalue weighted by molar-refractivity contribution is 5.85. The fourth-order valence-electron chi connectivity index (χ4n) is 2.50. The Hall–Kier alpha value is -0.280. The number of carbonyl (C=O) groups excluding carboxylic acids is 1. The van der Waals surface area contributed by atoms with Crippen molar-refractivity contribution in [3.05, 3.63) is 0 Å². The Morgan fingerprint density at radius 2 is 1.78 bits per heavy atom. The highest BCUT2D eigenvalue weighted by atomic mass is 35.5. The zero-order chi connectivity index (χ0) is 12.7. The molecule has 1 rings (SSSR count). The summed E-state index contributed by atoms with van der Waals surface area (Å²) in [7, 11) is 0. The fraction of sp³-hybridized carbons (Fsp3) is 0.929. The van der Waals surface area contributed by atoms with Gasteiger partial charge in [-0.2, -0.15) is 0 Å². The highest BCUT2D eigenvalue weighted by Crippen LogP contribution is 2.26. The van der Waals surface area contributed by atoms with Crippen LogP contribution < -0.4 is 11.1 Å². The first kappa shape index (κ1) is 17.7. The van der Waals surface area contributed by atoms with E-state index in [0.717, 1.165) is 12.8 Å².